The van der Waals surface area contributed by atoms with E-state index in [-0.39, 0.29) is 6.04 Å². The Bertz CT molecular complexity index is 493. The third kappa shape index (κ3) is 2.02. The molecule has 2 aromatic rings. The molecule has 2 rings (SSSR count). The Labute approximate surface area is 101 Å². The van der Waals surface area contributed by atoms with Gasteiger partial charge in [-0.05, 0) is 35.0 Å². The summed E-state index contributed by atoms with van der Waals surface area (Å²) in [5.74, 6) is 0.925. The molecule has 0 aromatic carbocycles. The van der Waals surface area contributed by atoms with E-state index in [4.69, 9.17) is 17.3 Å². The second-order valence-corrected chi connectivity index (χ2v) is 4.73. The number of nitrogens with zero attached hydrogens (tertiary/aromatic N) is 2. The van der Waals surface area contributed by atoms with Crippen LogP contribution in [0.5, 0.6) is 0 Å². The number of pyridine rings is 1. The summed E-state index contributed by atoms with van der Waals surface area (Å²) in [7, 11) is 0. The van der Waals surface area contributed by atoms with E-state index in [1.807, 2.05) is 29.7 Å². The first-order chi connectivity index (χ1) is 7.09. The van der Waals surface area contributed by atoms with Crippen molar-refractivity contribution in [2.24, 2.45) is 5.73 Å². The first-order valence-electron chi connectivity index (χ1n) is 4.66. The van der Waals surface area contributed by atoms with Gasteiger partial charge in [0.2, 0.25) is 0 Å². The molecule has 2 heterocycles. The van der Waals surface area contributed by atoms with E-state index >= 15 is 0 Å². The van der Waals surface area contributed by atoms with Crippen molar-refractivity contribution in [3.8, 4) is 0 Å². The van der Waals surface area contributed by atoms with Crippen LogP contribution in [0.3, 0.4) is 0 Å². The molecule has 2 N–H and O–H groups in total. The molecule has 5 heteroatoms. The zero-order valence-electron chi connectivity index (χ0n) is 8.24. The monoisotopic (exact) mass is 287 g/mol. The number of hydrogen-bond acceptors (Lipinski definition) is 2. The molecule has 0 aliphatic heterocycles. The standard InChI is InChI=1S/C10H11BrClN3/c1-6(13)5-8-14-10(11)9-7(12)3-2-4-15(8)9/h2-4,6H,5,13H2,1H3. The second kappa shape index (κ2) is 4.12. The maximum Gasteiger partial charge on any atom is 0.133 e. The average molecular weight is 289 g/mol. The first-order valence-corrected chi connectivity index (χ1v) is 5.83. The molecule has 80 valence electrons. The minimum absolute atomic E-state index is 0.0847. The van der Waals surface area contributed by atoms with Gasteiger partial charge in [-0.3, -0.25) is 0 Å². The Kier molecular flexibility index (Phi) is 3.00. The third-order valence-corrected chi connectivity index (χ3v) is 3.01. The number of halogens is 2. The molecule has 0 aliphatic rings. The van der Waals surface area contributed by atoms with Gasteiger partial charge in [0.1, 0.15) is 10.4 Å². The zero-order valence-corrected chi connectivity index (χ0v) is 10.6. The molecule has 0 spiro atoms. The van der Waals surface area contributed by atoms with Crippen LogP contribution in [0, 0.1) is 0 Å². The topological polar surface area (TPSA) is 43.3 Å². The van der Waals surface area contributed by atoms with Gasteiger partial charge in [0.25, 0.3) is 0 Å². The van der Waals surface area contributed by atoms with Crippen molar-refractivity contribution in [3.05, 3.63) is 33.8 Å². The summed E-state index contributed by atoms with van der Waals surface area (Å²) in [6.45, 7) is 1.96. The van der Waals surface area contributed by atoms with E-state index < -0.39 is 0 Å². The molecular formula is C10H11BrClN3. The Morgan fingerprint density at radius 1 is 1.67 bits per heavy atom. The Morgan fingerprint density at radius 2 is 2.40 bits per heavy atom. The van der Waals surface area contributed by atoms with Crippen molar-refractivity contribution in [3.63, 3.8) is 0 Å². The van der Waals surface area contributed by atoms with E-state index in [9.17, 15) is 0 Å². The molecule has 3 nitrogen and oxygen atoms in total. The van der Waals surface area contributed by atoms with Crippen molar-refractivity contribution in [1.29, 1.82) is 0 Å². The molecule has 0 aliphatic carbocycles. The summed E-state index contributed by atoms with van der Waals surface area (Å²) in [5, 5.41) is 0.688. The molecule has 1 atom stereocenters. The van der Waals surface area contributed by atoms with E-state index in [0.29, 0.717) is 5.02 Å². The van der Waals surface area contributed by atoms with Gasteiger partial charge in [-0.2, -0.15) is 0 Å². The van der Waals surface area contributed by atoms with Gasteiger partial charge >= 0.3 is 0 Å². The minimum Gasteiger partial charge on any atom is -0.328 e. The lowest BCUT2D eigenvalue weighted by Crippen LogP contribution is -2.19. The van der Waals surface area contributed by atoms with Crippen LogP contribution in [0.2, 0.25) is 5.02 Å². The summed E-state index contributed by atoms with van der Waals surface area (Å²) < 4.78 is 2.74. The lowest BCUT2D eigenvalue weighted by atomic mass is 10.2. The Balaban J connectivity index is 2.63. The van der Waals surface area contributed by atoms with Crippen LogP contribution in [0.25, 0.3) is 5.52 Å². The quantitative estimate of drug-likeness (QED) is 0.923. The summed E-state index contributed by atoms with van der Waals surface area (Å²) in [4.78, 5) is 4.41. The maximum absolute atomic E-state index is 6.09. The van der Waals surface area contributed by atoms with Crippen molar-refractivity contribution >= 4 is 33.0 Å². The second-order valence-electron chi connectivity index (χ2n) is 3.57. The lowest BCUT2D eigenvalue weighted by Gasteiger charge is -2.04. The number of fused-ring (bicyclic) bond motifs is 1. The van der Waals surface area contributed by atoms with E-state index in [1.54, 1.807) is 0 Å². The molecular weight excluding hydrogens is 277 g/mol. The van der Waals surface area contributed by atoms with Gasteiger partial charge < -0.3 is 10.1 Å². The average Bonchev–Trinajstić information content (AvgIpc) is 2.44. The Hall–Kier alpha value is -0.580. The molecule has 0 amide bonds. The SMILES string of the molecule is CC(N)Cc1nc(Br)c2c(Cl)cccn12. The molecule has 0 saturated carbocycles. The van der Waals surface area contributed by atoms with E-state index in [0.717, 1.165) is 22.4 Å². The smallest absolute Gasteiger partial charge is 0.133 e. The molecule has 1 unspecified atom stereocenters. The van der Waals surface area contributed by atoms with E-state index in [1.165, 1.54) is 0 Å². The predicted octanol–water partition coefficient (Wildman–Crippen LogP) is 2.64. The summed E-state index contributed by atoms with van der Waals surface area (Å²) in [6, 6.07) is 3.83. The summed E-state index contributed by atoms with van der Waals surface area (Å²) in [5.41, 5.74) is 6.66. The van der Waals surface area contributed by atoms with Crippen molar-refractivity contribution in [2.45, 2.75) is 19.4 Å². The third-order valence-electron chi connectivity index (χ3n) is 2.15. The van der Waals surface area contributed by atoms with Gasteiger partial charge in [-0.25, -0.2) is 4.98 Å². The summed E-state index contributed by atoms with van der Waals surface area (Å²) in [6.07, 6.45) is 2.67. The molecule has 15 heavy (non-hydrogen) atoms. The van der Waals surface area contributed by atoms with Gasteiger partial charge in [0.15, 0.2) is 0 Å². The Morgan fingerprint density at radius 3 is 3.07 bits per heavy atom. The first kappa shape index (κ1) is 10.9. The van der Waals surface area contributed by atoms with Crippen LogP contribution in [0.15, 0.2) is 22.9 Å². The van der Waals surface area contributed by atoms with Gasteiger partial charge in [-0.15, -0.1) is 0 Å². The van der Waals surface area contributed by atoms with Crippen LogP contribution >= 0.6 is 27.5 Å². The van der Waals surface area contributed by atoms with Gasteiger partial charge in [0, 0.05) is 18.7 Å². The highest BCUT2D eigenvalue weighted by Crippen LogP contribution is 2.26. The maximum atomic E-state index is 6.09. The number of aromatic nitrogens is 2. The highest BCUT2D eigenvalue weighted by Gasteiger charge is 2.12. The molecule has 0 saturated heterocycles. The number of nitrogens with two attached hydrogens (primary N) is 1. The molecule has 0 bridgehead atoms. The van der Waals surface area contributed by atoms with Crippen LogP contribution in [-0.2, 0) is 6.42 Å². The zero-order chi connectivity index (χ0) is 11.0. The van der Waals surface area contributed by atoms with Crippen LogP contribution in [0.4, 0.5) is 0 Å². The fourth-order valence-corrected chi connectivity index (χ4v) is 2.52. The number of rotatable bonds is 2. The number of imidazole rings is 1. The van der Waals surface area contributed by atoms with E-state index in [2.05, 4.69) is 20.9 Å². The van der Waals surface area contributed by atoms with Crippen molar-refractivity contribution in [2.75, 3.05) is 0 Å². The van der Waals surface area contributed by atoms with Crippen molar-refractivity contribution in [1.82, 2.24) is 9.38 Å². The molecule has 0 fully saturated rings. The lowest BCUT2D eigenvalue weighted by molar-refractivity contribution is 0.699. The van der Waals surface area contributed by atoms with Gasteiger partial charge in [0.05, 0.1) is 10.5 Å². The van der Waals surface area contributed by atoms with Crippen molar-refractivity contribution < 1.29 is 0 Å². The predicted molar refractivity (Wildman–Crippen MR) is 65.3 cm³/mol. The van der Waals surface area contributed by atoms with Gasteiger partial charge in [-0.1, -0.05) is 11.6 Å². The fraction of sp³-hybridized carbons (Fsp3) is 0.300. The largest absolute Gasteiger partial charge is 0.328 e. The minimum atomic E-state index is 0.0847. The van der Waals surface area contributed by atoms with Crippen LogP contribution in [-0.4, -0.2) is 15.4 Å². The molecule has 0 radical (unpaired) electrons. The highest BCUT2D eigenvalue weighted by molar-refractivity contribution is 9.10. The summed E-state index contributed by atoms with van der Waals surface area (Å²) >= 11 is 9.49. The van der Waals surface area contributed by atoms with Crippen LogP contribution in [0.1, 0.15) is 12.7 Å². The number of hydrogen-bond donors (Lipinski definition) is 1. The highest BCUT2D eigenvalue weighted by atomic mass is 79.9. The fourth-order valence-electron chi connectivity index (χ4n) is 1.55. The van der Waals surface area contributed by atoms with Crippen LogP contribution < -0.4 is 5.73 Å². The normalized spacial score (nSPS) is 13.3. The molecule has 2 aromatic heterocycles.